The van der Waals surface area contributed by atoms with Gasteiger partial charge in [0.2, 0.25) is 5.95 Å². The van der Waals surface area contributed by atoms with Crippen molar-refractivity contribution in [1.29, 1.82) is 0 Å². The molecule has 0 atom stereocenters. The van der Waals surface area contributed by atoms with Crippen molar-refractivity contribution >= 4 is 11.6 Å². The van der Waals surface area contributed by atoms with E-state index in [-0.39, 0.29) is 0 Å². The standard InChI is InChI=1S/C15H14F2N4/c1-10-3-2-6-21-14(10)19-15(20-21)18-5-4-11-7-12(16)9-13(17)8-11/h2-3,6-9H,4-5H2,1H3,(H,18,20). The molecule has 0 aliphatic rings. The molecule has 0 saturated carbocycles. The fourth-order valence-electron chi connectivity index (χ4n) is 2.19. The first-order chi connectivity index (χ1) is 10.1. The van der Waals surface area contributed by atoms with Crippen LogP contribution in [0.15, 0.2) is 36.5 Å². The lowest BCUT2D eigenvalue weighted by molar-refractivity contribution is 0.580. The molecule has 0 bridgehead atoms. The summed E-state index contributed by atoms with van der Waals surface area (Å²) in [6, 6.07) is 7.38. The van der Waals surface area contributed by atoms with Gasteiger partial charge in [0.25, 0.3) is 0 Å². The van der Waals surface area contributed by atoms with Crippen LogP contribution < -0.4 is 5.32 Å². The Morgan fingerprint density at radius 2 is 1.95 bits per heavy atom. The molecule has 0 spiro atoms. The first-order valence-electron chi connectivity index (χ1n) is 6.63. The summed E-state index contributed by atoms with van der Waals surface area (Å²) in [6.07, 6.45) is 2.31. The maximum absolute atomic E-state index is 13.1. The molecule has 3 rings (SSSR count). The first-order valence-corrected chi connectivity index (χ1v) is 6.63. The number of nitrogens with zero attached hydrogens (tertiary/aromatic N) is 3. The molecule has 0 saturated heterocycles. The zero-order valence-corrected chi connectivity index (χ0v) is 11.5. The smallest absolute Gasteiger partial charge is 0.243 e. The average molecular weight is 288 g/mol. The van der Waals surface area contributed by atoms with Crippen molar-refractivity contribution in [3.05, 3.63) is 59.3 Å². The second-order valence-electron chi connectivity index (χ2n) is 4.85. The van der Waals surface area contributed by atoms with Gasteiger partial charge < -0.3 is 5.32 Å². The van der Waals surface area contributed by atoms with Crippen molar-refractivity contribution in [1.82, 2.24) is 14.6 Å². The Hall–Kier alpha value is -2.50. The van der Waals surface area contributed by atoms with Crippen LogP contribution >= 0.6 is 0 Å². The van der Waals surface area contributed by atoms with E-state index in [1.54, 1.807) is 4.52 Å². The van der Waals surface area contributed by atoms with Crippen molar-refractivity contribution in [3.8, 4) is 0 Å². The minimum absolute atomic E-state index is 0.489. The minimum Gasteiger partial charge on any atom is -0.353 e. The van der Waals surface area contributed by atoms with E-state index >= 15 is 0 Å². The molecule has 0 amide bonds. The molecule has 2 aromatic heterocycles. The number of rotatable bonds is 4. The van der Waals surface area contributed by atoms with Gasteiger partial charge in [0.1, 0.15) is 11.6 Å². The number of hydrogen-bond donors (Lipinski definition) is 1. The van der Waals surface area contributed by atoms with E-state index in [0.717, 1.165) is 17.3 Å². The molecule has 0 aliphatic carbocycles. The van der Waals surface area contributed by atoms with E-state index in [4.69, 9.17) is 0 Å². The summed E-state index contributed by atoms with van der Waals surface area (Å²) in [5.41, 5.74) is 2.42. The molecule has 0 aliphatic heterocycles. The summed E-state index contributed by atoms with van der Waals surface area (Å²) in [7, 11) is 0. The predicted octanol–water partition coefficient (Wildman–Crippen LogP) is 2.97. The van der Waals surface area contributed by atoms with Gasteiger partial charge in [-0.05, 0) is 42.7 Å². The van der Waals surface area contributed by atoms with Gasteiger partial charge in [-0.15, -0.1) is 5.10 Å². The SMILES string of the molecule is Cc1cccn2nc(NCCc3cc(F)cc(F)c3)nc12. The second kappa shape index (κ2) is 5.47. The summed E-state index contributed by atoms with van der Waals surface area (Å²) in [5, 5.41) is 7.35. The highest BCUT2D eigenvalue weighted by Crippen LogP contribution is 2.11. The van der Waals surface area contributed by atoms with Crippen LogP contribution in [0, 0.1) is 18.6 Å². The van der Waals surface area contributed by atoms with E-state index in [0.29, 0.717) is 24.5 Å². The molecule has 3 aromatic rings. The molecule has 0 fully saturated rings. The number of anilines is 1. The average Bonchev–Trinajstić information content (AvgIpc) is 2.82. The Kier molecular flexibility index (Phi) is 3.51. The van der Waals surface area contributed by atoms with Gasteiger partial charge in [-0.2, -0.15) is 4.98 Å². The van der Waals surface area contributed by atoms with Crippen LogP contribution in [0.1, 0.15) is 11.1 Å². The van der Waals surface area contributed by atoms with Gasteiger partial charge in [-0.1, -0.05) is 6.07 Å². The fourth-order valence-corrected chi connectivity index (χ4v) is 2.19. The Morgan fingerprint density at radius 1 is 1.19 bits per heavy atom. The van der Waals surface area contributed by atoms with Crippen LogP contribution in [0.5, 0.6) is 0 Å². The third-order valence-corrected chi connectivity index (χ3v) is 3.18. The highest BCUT2D eigenvalue weighted by molar-refractivity contribution is 5.49. The van der Waals surface area contributed by atoms with E-state index < -0.39 is 11.6 Å². The number of aryl methyl sites for hydroxylation is 1. The maximum Gasteiger partial charge on any atom is 0.243 e. The van der Waals surface area contributed by atoms with Crippen LogP contribution in [-0.2, 0) is 6.42 Å². The number of nitrogens with one attached hydrogen (secondary N) is 1. The first kappa shape index (κ1) is 13.5. The van der Waals surface area contributed by atoms with Gasteiger partial charge in [0, 0.05) is 18.8 Å². The van der Waals surface area contributed by atoms with Crippen molar-refractivity contribution in [3.63, 3.8) is 0 Å². The largest absolute Gasteiger partial charge is 0.353 e. The summed E-state index contributed by atoms with van der Waals surface area (Å²) >= 11 is 0. The Morgan fingerprint density at radius 3 is 2.67 bits per heavy atom. The third-order valence-electron chi connectivity index (χ3n) is 3.18. The van der Waals surface area contributed by atoms with Gasteiger partial charge in [0.15, 0.2) is 5.65 Å². The molecule has 0 unspecified atom stereocenters. The summed E-state index contributed by atoms with van der Waals surface area (Å²) in [6.45, 7) is 2.46. The zero-order chi connectivity index (χ0) is 14.8. The van der Waals surface area contributed by atoms with Crippen molar-refractivity contribution in [2.75, 3.05) is 11.9 Å². The lowest BCUT2D eigenvalue weighted by Gasteiger charge is -2.03. The Bertz CT molecular complexity index is 762. The molecule has 108 valence electrons. The van der Waals surface area contributed by atoms with Crippen LogP contribution in [0.4, 0.5) is 14.7 Å². The minimum atomic E-state index is -0.563. The molecular weight excluding hydrogens is 274 g/mol. The normalized spacial score (nSPS) is 11.0. The monoisotopic (exact) mass is 288 g/mol. The molecule has 4 nitrogen and oxygen atoms in total. The summed E-state index contributed by atoms with van der Waals surface area (Å²) in [5.74, 6) is -0.626. The van der Waals surface area contributed by atoms with E-state index in [9.17, 15) is 8.78 Å². The number of pyridine rings is 1. The van der Waals surface area contributed by atoms with Gasteiger partial charge in [0.05, 0.1) is 0 Å². The van der Waals surface area contributed by atoms with Gasteiger partial charge in [-0.3, -0.25) is 0 Å². The lowest BCUT2D eigenvalue weighted by atomic mass is 10.1. The highest BCUT2D eigenvalue weighted by atomic mass is 19.1. The molecule has 0 radical (unpaired) electrons. The molecule has 1 aromatic carbocycles. The van der Waals surface area contributed by atoms with Gasteiger partial charge >= 0.3 is 0 Å². The molecular formula is C15H14F2N4. The molecule has 21 heavy (non-hydrogen) atoms. The number of halogens is 2. The summed E-state index contributed by atoms with van der Waals surface area (Å²) < 4.78 is 27.8. The fraction of sp³-hybridized carbons (Fsp3) is 0.200. The van der Waals surface area contributed by atoms with E-state index in [2.05, 4.69) is 15.4 Å². The Balaban J connectivity index is 1.68. The van der Waals surface area contributed by atoms with E-state index in [1.165, 1.54) is 12.1 Å². The summed E-state index contributed by atoms with van der Waals surface area (Å²) in [4.78, 5) is 4.37. The Labute approximate surface area is 120 Å². The molecule has 1 N–H and O–H groups in total. The highest BCUT2D eigenvalue weighted by Gasteiger charge is 2.05. The quantitative estimate of drug-likeness (QED) is 0.802. The number of benzene rings is 1. The number of hydrogen-bond acceptors (Lipinski definition) is 3. The second-order valence-corrected chi connectivity index (χ2v) is 4.85. The lowest BCUT2D eigenvalue weighted by Crippen LogP contribution is -2.06. The van der Waals surface area contributed by atoms with Crippen LogP contribution in [0.2, 0.25) is 0 Å². The maximum atomic E-state index is 13.1. The topological polar surface area (TPSA) is 42.2 Å². The van der Waals surface area contributed by atoms with Crippen molar-refractivity contribution in [2.24, 2.45) is 0 Å². The number of aromatic nitrogens is 3. The molecule has 2 heterocycles. The number of fused-ring (bicyclic) bond motifs is 1. The van der Waals surface area contributed by atoms with Crippen molar-refractivity contribution in [2.45, 2.75) is 13.3 Å². The van der Waals surface area contributed by atoms with Crippen LogP contribution in [-0.4, -0.2) is 21.1 Å². The van der Waals surface area contributed by atoms with E-state index in [1.807, 2.05) is 25.3 Å². The zero-order valence-electron chi connectivity index (χ0n) is 11.5. The van der Waals surface area contributed by atoms with Crippen molar-refractivity contribution < 1.29 is 8.78 Å². The molecule has 6 heteroatoms. The van der Waals surface area contributed by atoms with Crippen LogP contribution in [0.3, 0.4) is 0 Å². The van der Waals surface area contributed by atoms with Crippen LogP contribution in [0.25, 0.3) is 5.65 Å². The predicted molar refractivity (Wildman–Crippen MR) is 76.3 cm³/mol. The third kappa shape index (κ3) is 2.99. The van der Waals surface area contributed by atoms with Gasteiger partial charge in [-0.25, -0.2) is 13.3 Å².